The average molecular weight is 515 g/mol. The highest BCUT2D eigenvalue weighted by atomic mass is 19.4. The molecule has 2 aromatic rings. The Kier molecular flexibility index (Phi) is 7.16. The fourth-order valence-electron chi connectivity index (χ4n) is 3.13. The fraction of sp³-hybridized carbons (Fsp3) is 0.500. The van der Waals surface area contributed by atoms with Gasteiger partial charge in [-0.25, -0.2) is 15.1 Å². The molecule has 0 unspecified atom stereocenters. The first-order valence-electron chi connectivity index (χ1n) is 9.90. The summed E-state index contributed by atoms with van der Waals surface area (Å²) >= 11 is 0. The number of aromatic nitrogens is 4. The smallest absolute Gasteiger partial charge is 0.368 e. The minimum absolute atomic E-state index is 0.00699. The first-order chi connectivity index (χ1) is 16.2. The number of amides is 1. The number of aromatic amines is 1. The van der Waals surface area contributed by atoms with Crippen molar-refractivity contribution >= 4 is 17.7 Å². The van der Waals surface area contributed by atoms with Gasteiger partial charge in [-0.05, 0) is 0 Å². The lowest BCUT2D eigenvalue weighted by Crippen LogP contribution is -2.54. The number of nitrogens with one attached hydrogen (secondary N) is 2. The molecule has 1 amide bonds. The summed E-state index contributed by atoms with van der Waals surface area (Å²) in [5.41, 5.74) is -4.10. The van der Waals surface area contributed by atoms with Crippen LogP contribution in [0, 0.1) is 0 Å². The van der Waals surface area contributed by atoms with Gasteiger partial charge in [0.2, 0.25) is 5.95 Å². The third-order valence-corrected chi connectivity index (χ3v) is 4.98. The van der Waals surface area contributed by atoms with Gasteiger partial charge in [-0.15, -0.1) is 0 Å². The van der Waals surface area contributed by atoms with Crippen molar-refractivity contribution < 1.29 is 39.9 Å². The normalized spacial score (nSPS) is 15.3. The molecule has 17 heteroatoms. The van der Waals surface area contributed by atoms with Crippen LogP contribution >= 0.6 is 0 Å². The zero-order chi connectivity index (χ0) is 26.0. The molecule has 192 valence electrons. The van der Waals surface area contributed by atoms with E-state index >= 15 is 0 Å². The predicted molar refractivity (Wildman–Crippen MR) is 104 cm³/mol. The molecule has 35 heavy (non-hydrogen) atoms. The molecule has 3 rings (SSSR count). The van der Waals surface area contributed by atoms with Crippen molar-refractivity contribution in [3.05, 3.63) is 39.9 Å². The quantitative estimate of drug-likeness (QED) is 0.569. The van der Waals surface area contributed by atoms with E-state index in [0.717, 1.165) is 4.90 Å². The number of halogens is 8. The third-order valence-electron chi connectivity index (χ3n) is 4.98. The molecule has 2 aromatic heterocycles. The molecule has 9 nitrogen and oxygen atoms in total. The number of carbonyl (C=O) groups is 1. The molecule has 1 aliphatic rings. The lowest BCUT2D eigenvalue weighted by Gasteiger charge is -2.36. The van der Waals surface area contributed by atoms with Crippen LogP contribution in [0.2, 0.25) is 0 Å². The van der Waals surface area contributed by atoms with Crippen LogP contribution in [0.3, 0.4) is 0 Å². The molecular formula is C18H17F8N7O2. The molecule has 0 saturated carbocycles. The van der Waals surface area contributed by atoms with Crippen LogP contribution in [-0.4, -0.2) is 69.6 Å². The molecule has 0 aliphatic carbocycles. The standard InChI is InChI=1S/C18H17F8N7O2/c19-16(20,1-2-27-12-7-11(18(24,25)26)13(34)31-30-12)14(35)32-3-5-33(6-4-32)15-28-8-10(9-29-15)17(21,22)23/h7-9H,1-6H2,(H,27,30)(H,31,34). The third kappa shape index (κ3) is 6.33. The molecule has 0 radical (unpaired) electrons. The molecular weight excluding hydrogens is 498 g/mol. The van der Waals surface area contributed by atoms with E-state index in [-0.39, 0.29) is 32.1 Å². The minimum atomic E-state index is -4.97. The van der Waals surface area contributed by atoms with Crippen LogP contribution in [0.15, 0.2) is 23.3 Å². The summed E-state index contributed by atoms with van der Waals surface area (Å²) < 4.78 is 105. The van der Waals surface area contributed by atoms with Crippen LogP contribution in [0.4, 0.5) is 46.9 Å². The van der Waals surface area contributed by atoms with Crippen molar-refractivity contribution in [3.8, 4) is 0 Å². The molecule has 0 spiro atoms. The summed E-state index contributed by atoms with van der Waals surface area (Å²) in [4.78, 5) is 33.0. The lowest BCUT2D eigenvalue weighted by molar-refractivity contribution is -0.158. The second kappa shape index (κ2) is 9.61. The zero-order valence-electron chi connectivity index (χ0n) is 17.6. The summed E-state index contributed by atoms with van der Waals surface area (Å²) in [6, 6.07) is 0.362. The van der Waals surface area contributed by atoms with Crippen molar-refractivity contribution in [2.45, 2.75) is 24.7 Å². The SMILES string of the molecule is O=C(N1CCN(c2ncc(C(F)(F)F)cn2)CC1)C(F)(F)CCNc1cc(C(F)(F)F)c(=O)[nH]n1. The van der Waals surface area contributed by atoms with E-state index < -0.39 is 59.7 Å². The maximum Gasteiger partial charge on any atom is 0.421 e. The van der Waals surface area contributed by atoms with E-state index in [4.69, 9.17) is 0 Å². The van der Waals surface area contributed by atoms with Crippen LogP contribution in [0.5, 0.6) is 0 Å². The second-order valence-electron chi connectivity index (χ2n) is 7.42. The van der Waals surface area contributed by atoms with Crippen molar-refractivity contribution in [2.75, 3.05) is 42.9 Å². The van der Waals surface area contributed by atoms with Crippen molar-refractivity contribution in [3.63, 3.8) is 0 Å². The highest BCUT2D eigenvalue weighted by molar-refractivity contribution is 5.83. The fourth-order valence-corrected chi connectivity index (χ4v) is 3.13. The predicted octanol–water partition coefficient (Wildman–Crippen LogP) is 2.38. The number of H-pyrrole nitrogens is 1. The van der Waals surface area contributed by atoms with E-state index in [0.29, 0.717) is 18.5 Å². The van der Waals surface area contributed by atoms with Crippen molar-refractivity contribution in [2.24, 2.45) is 0 Å². The van der Waals surface area contributed by atoms with Gasteiger partial charge in [-0.3, -0.25) is 9.59 Å². The maximum absolute atomic E-state index is 14.4. The van der Waals surface area contributed by atoms with E-state index in [9.17, 15) is 44.7 Å². The van der Waals surface area contributed by atoms with E-state index in [2.05, 4.69) is 20.4 Å². The van der Waals surface area contributed by atoms with Crippen LogP contribution in [0.1, 0.15) is 17.5 Å². The number of carbonyl (C=O) groups excluding carboxylic acids is 1. The number of alkyl halides is 8. The van der Waals surface area contributed by atoms with Crippen molar-refractivity contribution in [1.82, 2.24) is 25.1 Å². The average Bonchev–Trinajstić information content (AvgIpc) is 2.78. The summed E-state index contributed by atoms with van der Waals surface area (Å²) in [5, 5.41) is 7.10. The van der Waals surface area contributed by atoms with E-state index in [1.165, 1.54) is 4.90 Å². The van der Waals surface area contributed by atoms with Gasteiger partial charge in [-0.1, -0.05) is 0 Å². The Labute approximate surface area is 191 Å². The Morgan fingerprint density at radius 1 is 0.971 bits per heavy atom. The Hall–Kier alpha value is -3.53. The molecule has 0 atom stereocenters. The lowest BCUT2D eigenvalue weighted by atomic mass is 10.2. The second-order valence-corrected chi connectivity index (χ2v) is 7.42. The Morgan fingerprint density at radius 3 is 2.11 bits per heavy atom. The summed E-state index contributed by atoms with van der Waals surface area (Å²) in [7, 11) is 0. The number of nitrogens with zero attached hydrogens (tertiary/aromatic N) is 5. The van der Waals surface area contributed by atoms with Gasteiger partial charge in [0.15, 0.2) is 0 Å². The molecule has 1 saturated heterocycles. The molecule has 1 aliphatic heterocycles. The van der Waals surface area contributed by atoms with Gasteiger partial charge in [0.05, 0.1) is 5.56 Å². The Balaban J connectivity index is 1.53. The highest BCUT2D eigenvalue weighted by Gasteiger charge is 2.42. The summed E-state index contributed by atoms with van der Waals surface area (Å²) in [6.07, 6.45) is -9.47. The topological polar surface area (TPSA) is 107 Å². The Bertz CT molecular complexity index is 1090. The summed E-state index contributed by atoms with van der Waals surface area (Å²) in [6.45, 7) is -1.00. The summed E-state index contributed by atoms with van der Waals surface area (Å²) in [5.74, 6) is -5.94. The van der Waals surface area contributed by atoms with Gasteiger partial charge in [-0.2, -0.15) is 40.2 Å². The first kappa shape index (κ1) is 26.1. The van der Waals surface area contributed by atoms with E-state index in [1.54, 1.807) is 5.10 Å². The molecule has 3 heterocycles. The highest BCUT2D eigenvalue weighted by Crippen LogP contribution is 2.29. The maximum atomic E-state index is 14.4. The van der Waals surface area contributed by atoms with Gasteiger partial charge >= 0.3 is 18.3 Å². The van der Waals surface area contributed by atoms with Gasteiger partial charge in [0, 0.05) is 57.6 Å². The monoisotopic (exact) mass is 515 g/mol. The molecule has 0 bridgehead atoms. The van der Waals surface area contributed by atoms with Crippen molar-refractivity contribution in [1.29, 1.82) is 0 Å². The molecule has 0 aromatic carbocycles. The van der Waals surface area contributed by atoms with Gasteiger partial charge < -0.3 is 15.1 Å². The number of piperazine rings is 1. The number of anilines is 2. The first-order valence-corrected chi connectivity index (χ1v) is 9.90. The van der Waals surface area contributed by atoms with Crippen LogP contribution < -0.4 is 15.8 Å². The molecule has 1 fully saturated rings. The molecule has 2 N–H and O–H groups in total. The van der Waals surface area contributed by atoms with Crippen LogP contribution in [0.25, 0.3) is 0 Å². The number of hydrogen-bond donors (Lipinski definition) is 2. The number of rotatable bonds is 6. The van der Waals surface area contributed by atoms with Crippen LogP contribution in [-0.2, 0) is 17.1 Å². The zero-order valence-corrected chi connectivity index (χ0v) is 17.6. The van der Waals surface area contributed by atoms with E-state index in [1.807, 2.05) is 0 Å². The Morgan fingerprint density at radius 2 is 1.57 bits per heavy atom. The largest absolute Gasteiger partial charge is 0.421 e. The van der Waals surface area contributed by atoms with Gasteiger partial charge in [0.1, 0.15) is 11.4 Å². The number of hydrogen-bond acceptors (Lipinski definition) is 7. The van der Waals surface area contributed by atoms with Gasteiger partial charge in [0.25, 0.3) is 11.5 Å². The minimum Gasteiger partial charge on any atom is -0.368 e.